The Morgan fingerprint density at radius 3 is 2.24 bits per heavy atom. The highest BCUT2D eigenvalue weighted by molar-refractivity contribution is 7.22. The van der Waals surface area contributed by atoms with Crippen molar-refractivity contribution in [2.75, 3.05) is 25.1 Å². The van der Waals surface area contributed by atoms with Gasteiger partial charge in [0.25, 0.3) is 11.2 Å². The van der Waals surface area contributed by atoms with Crippen molar-refractivity contribution in [1.29, 1.82) is 0 Å². The fourth-order valence-electron chi connectivity index (χ4n) is 3.82. The number of anilines is 1. The van der Waals surface area contributed by atoms with Crippen molar-refractivity contribution >= 4 is 44.2 Å². The number of esters is 2. The first-order chi connectivity index (χ1) is 17.5. The molecule has 0 saturated carbocycles. The number of non-ortho nitro benzene ring substituents is 1. The van der Waals surface area contributed by atoms with E-state index in [9.17, 15) is 37.7 Å². The molecule has 0 N–H and O–H groups in total. The highest BCUT2D eigenvalue weighted by Crippen LogP contribution is 2.38. The summed E-state index contributed by atoms with van der Waals surface area (Å²) in [6.07, 6.45) is -4.59. The number of nitro groups is 1. The van der Waals surface area contributed by atoms with Gasteiger partial charge >= 0.3 is 18.1 Å². The molecular formula is C23H18F3N3O7S. The second-order valence-electron chi connectivity index (χ2n) is 8.09. The number of ether oxygens (including phenoxy) is 2. The fraction of sp³-hybridized carbons (Fsp3) is 0.304. The summed E-state index contributed by atoms with van der Waals surface area (Å²) in [6, 6.07) is 6.74. The summed E-state index contributed by atoms with van der Waals surface area (Å²) in [5.74, 6) is -1.12. The number of carbonyl (C=O) groups is 2. The Morgan fingerprint density at radius 1 is 1.11 bits per heavy atom. The summed E-state index contributed by atoms with van der Waals surface area (Å²) >= 11 is 0.760. The molecule has 14 heteroatoms. The Labute approximate surface area is 210 Å². The number of hydrogen-bond acceptors (Lipinski definition) is 10. The molecule has 0 bridgehead atoms. The van der Waals surface area contributed by atoms with E-state index in [0.717, 1.165) is 11.3 Å². The van der Waals surface area contributed by atoms with Crippen LogP contribution < -0.4 is 10.5 Å². The molecule has 0 atom stereocenters. The van der Waals surface area contributed by atoms with Crippen LogP contribution in [0.1, 0.15) is 39.1 Å². The number of alkyl halides is 3. The summed E-state index contributed by atoms with van der Waals surface area (Å²) in [4.78, 5) is 52.5. The lowest BCUT2D eigenvalue weighted by atomic mass is 10.1. The predicted octanol–water partition coefficient (Wildman–Crippen LogP) is 4.20. The number of carbonyl (C=O) groups excluding carboxylic acids is 2. The molecule has 4 rings (SSSR count). The topological polar surface area (TPSA) is 129 Å². The predicted molar refractivity (Wildman–Crippen MR) is 126 cm³/mol. The van der Waals surface area contributed by atoms with Crippen LogP contribution in [0.4, 0.5) is 24.0 Å². The van der Waals surface area contributed by atoms with Crippen LogP contribution in [0, 0.1) is 10.1 Å². The third-order valence-corrected chi connectivity index (χ3v) is 6.91. The fourth-order valence-corrected chi connectivity index (χ4v) is 4.94. The van der Waals surface area contributed by atoms with Crippen molar-refractivity contribution in [3.8, 4) is 0 Å². The third kappa shape index (κ3) is 5.53. The van der Waals surface area contributed by atoms with Crippen molar-refractivity contribution in [3.05, 3.63) is 73.6 Å². The zero-order chi connectivity index (χ0) is 26.9. The molecule has 0 unspecified atom stereocenters. The second-order valence-corrected chi connectivity index (χ2v) is 9.07. The summed E-state index contributed by atoms with van der Waals surface area (Å²) in [5.41, 5.74) is -2.59. The number of hydrogen-bond donors (Lipinski definition) is 0. The Morgan fingerprint density at radius 2 is 1.70 bits per heavy atom. The van der Waals surface area contributed by atoms with Crippen LogP contribution in [-0.2, 0) is 15.7 Å². The molecule has 2 aromatic carbocycles. The van der Waals surface area contributed by atoms with Crippen LogP contribution in [0.25, 0.3) is 10.1 Å². The van der Waals surface area contributed by atoms with Crippen LogP contribution >= 0.6 is 11.3 Å². The van der Waals surface area contributed by atoms with Gasteiger partial charge in [-0.05, 0) is 30.3 Å². The van der Waals surface area contributed by atoms with E-state index in [1.165, 1.54) is 31.4 Å². The van der Waals surface area contributed by atoms with Gasteiger partial charge in [-0.25, -0.2) is 9.59 Å². The minimum atomic E-state index is -4.86. The molecule has 1 saturated heterocycles. The molecule has 0 radical (unpaired) electrons. The van der Waals surface area contributed by atoms with Gasteiger partial charge in [0.1, 0.15) is 10.8 Å². The summed E-state index contributed by atoms with van der Waals surface area (Å²) in [6.45, 7) is 0.588. The largest absolute Gasteiger partial charge is 0.465 e. The van der Waals surface area contributed by atoms with Crippen molar-refractivity contribution in [3.63, 3.8) is 0 Å². The summed E-state index contributed by atoms with van der Waals surface area (Å²) in [5, 5.41) is 11.1. The van der Waals surface area contributed by atoms with E-state index in [4.69, 9.17) is 4.74 Å². The smallest absolute Gasteiger partial charge is 0.416 e. The van der Waals surface area contributed by atoms with Crippen LogP contribution in [-0.4, -0.2) is 48.1 Å². The SMILES string of the molecule is COC(=O)c1ccc(C(=O)OC2CCN(c3nc(=O)c4cc(C(F)(F)F)cc([N+](=O)[O-])c4s3)CC2)cc1. The Bertz CT molecular complexity index is 1430. The monoisotopic (exact) mass is 537 g/mol. The zero-order valence-electron chi connectivity index (χ0n) is 19.1. The molecular weight excluding hydrogens is 519 g/mol. The van der Waals surface area contributed by atoms with E-state index >= 15 is 0 Å². The highest BCUT2D eigenvalue weighted by atomic mass is 32.1. The van der Waals surface area contributed by atoms with E-state index in [1.54, 1.807) is 4.90 Å². The van der Waals surface area contributed by atoms with Gasteiger partial charge in [-0.3, -0.25) is 14.9 Å². The zero-order valence-corrected chi connectivity index (χ0v) is 19.9. The lowest BCUT2D eigenvalue weighted by Crippen LogP contribution is -2.38. The van der Waals surface area contributed by atoms with Gasteiger partial charge in [-0.15, -0.1) is 0 Å². The van der Waals surface area contributed by atoms with Gasteiger partial charge in [0.15, 0.2) is 5.13 Å². The van der Waals surface area contributed by atoms with Crippen LogP contribution in [0.3, 0.4) is 0 Å². The van der Waals surface area contributed by atoms with Crippen LogP contribution in [0.15, 0.2) is 41.2 Å². The number of fused-ring (bicyclic) bond motifs is 1. The maximum absolute atomic E-state index is 13.2. The normalized spacial score (nSPS) is 14.4. The molecule has 2 heterocycles. The number of rotatable bonds is 5. The Kier molecular flexibility index (Phi) is 7.12. The number of piperidine rings is 1. The van der Waals surface area contributed by atoms with Gasteiger partial charge in [-0.2, -0.15) is 18.2 Å². The van der Waals surface area contributed by atoms with Crippen LogP contribution in [0.5, 0.6) is 0 Å². The maximum Gasteiger partial charge on any atom is 0.416 e. The number of methoxy groups -OCH3 is 1. The molecule has 194 valence electrons. The first-order valence-electron chi connectivity index (χ1n) is 10.8. The summed E-state index contributed by atoms with van der Waals surface area (Å²) < 4.78 is 49.4. The average molecular weight is 537 g/mol. The lowest BCUT2D eigenvalue weighted by molar-refractivity contribution is -0.383. The molecule has 1 aliphatic rings. The number of aromatic nitrogens is 1. The standard InChI is InChI=1S/C23H18F3N3O7S/c1-35-20(31)12-2-4-13(5-3-12)21(32)36-15-6-8-28(9-7-15)22-27-19(30)16-10-14(23(24,25)26)11-17(29(33)34)18(16)37-22/h2-5,10-11,15H,6-9H2,1H3. The van der Waals surface area contributed by atoms with Gasteiger partial charge in [0, 0.05) is 32.0 Å². The van der Waals surface area contributed by atoms with Gasteiger partial charge in [0.2, 0.25) is 0 Å². The van der Waals surface area contributed by atoms with E-state index in [0.29, 0.717) is 38.1 Å². The maximum atomic E-state index is 13.2. The molecule has 1 aliphatic heterocycles. The van der Waals surface area contributed by atoms with Crippen molar-refractivity contribution in [1.82, 2.24) is 4.98 Å². The number of nitro benzene ring substituents is 1. The lowest BCUT2D eigenvalue weighted by Gasteiger charge is -2.31. The molecule has 3 aromatic rings. The molecule has 0 amide bonds. The minimum Gasteiger partial charge on any atom is -0.465 e. The third-order valence-electron chi connectivity index (χ3n) is 5.74. The van der Waals surface area contributed by atoms with Crippen molar-refractivity contribution in [2.45, 2.75) is 25.1 Å². The Balaban J connectivity index is 1.48. The van der Waals surface area contributed by atoms with Crippen molar-refractivity contribution < 1.29 is 37.2 Å². The number of benzene rings is 2. The average Bonchev–Trinajstić information content (AvgIpc) is 2.87. The highest BCUT2D eigenvalue weighted by Gasteiger charge is 2.34. The van der Waals surface area contributed by atoms with Gasteiger partial charge in [-0.1, -0.05) is 11.3 Å². The summed E-state index contributed by atoms with van der Waals surface area (Å²) in [7, 11) is 1.24. The molecule has 1 fully saturated rings. The van der Waals surface area contributed by atoms with Crippen LogP contribution in [0.2, 0.25) is 0 Å². The first-order valence-corrected chi connectivity index (χ1v) is 11.6. The van der Waals surface area contributed by atoms with E-state index in [1.807, 2.05) is 0 Å². The first kappa shape index (κ1) is 26.0. The molecule has 37 heavy (non-hydrogen) atoms. The van der Waals surface area contributed by atoms with Crippen molar-refractivity contribution in [2.24, 2.45) is 0 Å². The van der Waals surface area contributed by atoms with Gasteiger partial charge in [0.05, 0.1) is 34.1 Å². The molecule has 0 aliphatic carbocycles. The number of nitrogens with zero attached hydrogens (tertiary/aromatic N) is 3. The molecule has 0 spiro atoms. The van der Waals surface area contributed by atoms with E-state index in [-0.39, 0.29) is 21.0 Å². The van der Waals surface area contributed by atoms with Gasteiger partial charge < -0.3 is 14.4 Å². The second kappa shape index (κ2) is 10.1. The Hall–Kier alpha value is -4.07. The van der Waals surface area contributed by atoms with E-state index < -0.39 is 51.3 Å². The molecule has 10 nitrogen and oxygen atoms in total. The molecule has 1 aromatic heterocycles. The minimum absolute atomic E-state index is 0.128. The quantitative estimate of drug-likeness (QED) is 0.267. The number of halogens is 3. The van der Waals surface area contributed by atoms with E-state index in [2.05, 4.69) is 9.72 Å².